The Labute approximate surface area is 96.4 Å². The average molecular weight is 224 g/mol. The lowest BCUT2D eigenvalue weighted by Gasteiger charge is -2.14. The minimum absolute atomic E-state index is 0.517. The van der Waals surface area contributed by atoms with E-state index in [2.05, 4.69) is 36.1 Å². The zero-order valence-electron chi connectivity index (χ0n) is 9.84. The molecule has 0 aliphatic rings. The van der Waals surface area contributed by atoms with Gasteiger partial charge in [0.2, 0.25) is 0 Å². The highest BCUT2D eigenvalue weighted by molar-refractivity contribution is 7.09. The van der Waals surface area contributed by atoms with Gasteiger partial charge >= 0.3 is 0 Å². The number of allylic oxidation sites excluding steroid dienone is 1. The fraction of sp³-hybridized carbons (Fsp3) is 0.583. The van der Waals surface area contributed by atoms with E-state index in [1.165, 1.54) is 11.3 Å². The molecule has 0 bridgehead atoms. The maximum absolute atomic E-state index is 4.48. The van der Waals surface area contributed by atoms with Crippen LogP contribution in [0.5, 0.6) is 0 Å². The third-order valence-electron chi connectivity index (χ3n) is 2.45. The van der Waals surface area contributed by atoms with E-state index in [0.717, 1.165) is 24.3 Å². The van der Waals surface area contributed by atoms with Crippen LogP contribution in [-0.2, 0) is 6.42 Å². The van der Waals surface area contributed by atoms with Gasteiger partial charge in [-0.15, -0.1) is 17.9 Å². The summed E-state index contributed by atoms with van der Waals surface area (Å²) in [4.78, 5) is 4.48. The van der Waals surface area contributed by atoms with Crippen LogP contribution >= 0.6 is 11.3 Å². The summed E-state index contributed by atoms with van der Waals surface area (Å²) in [5.41, 5.74) is 2.46. The SMILES string of the molecule is C=C(C)CCC(Cc1csc(C)n1)NC. The topological polar surface area (TPSA) is 24.9 Å². The van der Waals surface area contributed by atoms with Crippen LogP contribution in [0.4, 0.5) is 0 Å². The Morgan fingerprint density at radius 2 is 2.40 bits per heavy atom. The first-order valence-corrected chi connectivity index (χ1v) is 6.22. The van der Waals surface area contributed by atoms with Gasteiger partial charge in [-0.1, -0.05) is 5.57 Å². The van der Waals surface area contributed by atoms with Crippen molar-refractivity contribution in [1.82, 2.24) is 10.3 Å². The minimum Gasteiger partial charge on any atom is -0.317 e. The summed E-state index contributed by atoms with van der Waals surface area (Å²) in [5.74, 6) is 0. The molecule has 1 aromatic heterocycles. The number of rotatable bonds is 6. The molecule has 3 heteroatoms. The first-order valence-electron chi connectivity index (χ1n) is 5.34. The molecule has 0 aromatic carbocycles. The van der Waals surface area contributed by atoms with Crippen molar-refractivity contribution in [2.45, 2.75) is 39.2 Å². The Morgan fingerprint density at radius 3 is 2.87 bits per heavy atom. The zero-order valence-corrected chi connectivity index (χ0v) is 10.7. The molecule has 84 valence electrons. The van der Waals surface area contributed by atoms with Crippen LogP contribution in [0.2, 0.25) is 0 Å². The molecular formula is C12H20N2S. The van der Waals surface area contributed by atoms with Crippen LogP contribution in [0.1, 0.15) is 30.5 Å². The van der Waals surface area contributed by atoms with Gasteiger partial charge in [-0.3, -0.25) is 0 Å². The van der Waals surface area contributed by atoms with E-state index in [4.69, 9.17) is 0 Å². The average Bonchev–Trinajstić information content (AvgIpc) is 2.58. The number of aryl methyl sites for hydroxylation is 1. The Balaban J connectivity index is 2.42. The second kappa shape index (κ2) is 6.03. The molecule has 0 amide bonds. The molecule has 0 fully saturated rings. The minimum atomic E-state index is 0.517. The number of thiazole rings is 1. The number of nitrogens with zero attached hydrogens (tertiary/aromatic N) is 1. The number of hydrogen-bond donors (Lipinski definition) is 1. The van der Waals surface area contributed by atoms with E-state index in [9.17, 15) is 0 Å². The van der Waals surface area contributed by atoms with Gasteiger partial charge in [0.25, 0.3) is 0 Å². The highest BCUT2D eigenvalue weighted by Gasteiger charge is 2.09. The summed E-state index contributed by atoms with van der Waals surface area (Å²) in [5, 5.41) is 6.64. The summed E-state index contributed by atoms with van der Waals surface area (Å²) in [6.45, 7) is 8.07. The van der Waals surface area contributed by atoms with Gasteiger partial charge in [-0.05, 0) is 33.7 Å². The molecule has 1 atom stereocenters. The van der Waals surface area contributed by atoms with Gasteiger partial charge in [0.05, 0.1) is 10.7 Å². The molecule has 0 aliphatic carbocycles. The smallest absolute Gasteiger partial charge is 0.0897 e. The van der Waals surface area contributed by atoms with Crippen molar-refractivity contribution in [3.05, 3.63) is 28.2 Å². The van der Waals surface area contributed by atoms with Crippen LogP contribution < -0.4 is 5.32 Å². The van der Waals surface area contributed by atoms with Gasteiger partial charge in [0.1, 0.15) is 0 Å². The van der Waals surface area contributed by atoms with E-state index in [1.807, 2.05) is 7.05 Å². The summed E-state index contributed by atoms with van der Waals surface area (Å²) in [7, 11) is 2.02. The molecule has 15 heavy (non-hydrogen) atoms. The van der Waals surface area contributed by atoms with Crippen molar-refractivity contribution in [1.29, 1.82) is 0 Å². The normalized spacial score (nSPS) is 12.7. The van der Waals surface area contributed by atoms with Crippen LogP contribution in [0.15, 0.2) is 17.5 Å². The number of aromatic nitrogens is 1. The standard InChI is InChI=1S/C12H20N2S/c1-9(2)5-6-11(13-4)7-12-8-15-10(3)14-12/h8,11,13H,1,5-7H2,2-4H3. The molecule has 1 unspecified atom stereocenters. The summed E-state index contributed by atoms with van der Waals surface area (Å²) >= 11 is 1.72. The molecule has 1 rings (SSSR count). The predicted molar refractivity (Wildman–Crippen MR) is 67.5 cm³/mol. The molecule has 0 saturated carbocycles. The largest absolute Gasteiger partial charge is 0.317 e. The molecule has 2 nitrogen and oxygen atoms in total. The molecule has 0 aliphatic heterocycles. The van der Waals surface area contributed by atoms with Crippen LogP contribution in [-0.4, -0.2) is 18.1 Å². The van der Waals surface area contributed by atoms with Gasteiger partial charge < -0.3 is 5.32 Å². The van der Waals surface area contributed by atoms with Crippen LogP contribution in [0.3, 0.4) is 0 Å². The van der Waals surface area contributed by atoms with Crippen molar-refractivity contribution >= 4 is 11.3 Å². The van der Waals surface area contributed by atoms with Crippen molar-refractivity contribution in [3.8, 4) is 0 Å². The van der Waals surface area contributed by atoms with E-state index in [-0.39, 0.29) is 0 Å². The van der Waals surface area contributed by atoms with E-state index in [0.29, 0.717) is 6.04 Å². The van der Waals surface area contributed by atoms with Crippen LogP contribution in [0.25, 0.3) is 0 Å². The van der Waals surface area contributed by atoms with E-state index in [1.54, 1.807) is 11.3 Å². The highest BCUT2D eigenvalue weighted by atomic mass is 32.1. The van der Waals surface area contributed by atoms with Gasteiger partial charge in [0, 0.05) is 17.8 Å². The lowest BCUT2D eigenvalue weighted by atomic mass is 10.0. The molecule has 1 N–H and O–H groups in total. The first-order chi connectivity index (χ1) is 7.11. The third kappa shape index (κ3) is 4.58. The molecule has 0 spiro atoms. The van der Waals surface area contributed by atoms with Crippen molar-refractivity contribution in [3.63, 3.8) is 0 Å². The maximum Gasteiger partial charge on any atom is 0.0897 e. The Kier molecular flexibility index (Phi) is 4.99. The van der Waals surface area contributed by atoms with Crippen LogP contribution in [0, 0.1) is 6.92 Å². The lowest BCUT2D eigenvalue weighted by molar-refractivity contribution is 0.515. The predicted octanol–water partition coefficient (Wildman–Crippen LogP) is 2.94. The highest BCUT2D eigenvalue weighted by Crippen LogP contribution is 2.13. The van der Waals surface area contributed by atoms with Gasteiger partial charge in [0.15, 0.2) is 0 Å². The molecule has 1 heterocycles. The second-order valence-electron chi connectivity index (χ2n) is 4.04. The van der Waals surface area contributed by atoms with E-state index < -0.39 is 0 Å². The van der Waals surface area contributed by atoms with Gasteiger partial charge in [-0.25, -0.2) is 4.98 Å². The lowest BCUT2D eigenvalue weighted by Crippen LogP contribution is -2.27. The van der Waals surface area contributed by atoms with Crippen molar-refractivity contribution < 1.29 is 0 Å². The fourth-order valence-corrected chi connectivity index (χ4v) is 2.15. The van der Waals surface area contributed by atoms with Crippen molar-refractivity contribution in [2.24, 2.45) is 0 Å². The second-order valence-corrected chi connectivity index (χ2v) is 5.11. The Hall–Kier alpha value is -0.670. The summed E-state index contributed by atoms with van der Waals surface area (Å²) < 4.78 is 0. The quantitative estimate of drug-likeness (QED) is 0.752. The summed E-state index contributed by atoms with van der Waals surface area (Å²) in [6, 6.07) is 0.517. The maximum atomic E-state index is 4.48. The number of hydrogen-bond acceptors (Lipinski definition) is 3. The Bertz CT molecular complexity index is 317. The molecular weight excluding hydrogens is 204 g/mol. The fourth-order valence-electron chi connectivity index (χ4n) is 1.52. The van der Waals surface area contributed by atoms with Gasteiger partial charge in [-0.2, -0.15) is 0 Å². The molecule has 1 aromatic rings. The third-order valence-corrected chi connectivity index (χ3v) is 3.27. The Morgan fingerprint density at radius 1 is 1.67 bits per heavy atom. The first kappa shape index (κ1) is 12.4. The molecule has 0 saturated heterocycles. The van der Waals surface area contributed by atoms with Crippen molar-refractivity contribution in [2.75, 3.05) is 7.05 Å². The molecule has 0 radical (unpaired) electrons. The number of likely N-dealkylation sites (N-methyl/N-ethyl adjacent to an activating group) is 1. The zero-order chi connectivity index (χ0) is 11.3. The monoisotopic (exact) mass is 224 g/mol. The van der Waals surface area contributed by atoms with E-state index >= 15 is 0 Å². The summed E-state index contributed by atoms with van der Waals surface area (Å²) in [6.07, 6.45) is 3.26. The number of nitrogens with one attached hydrogen (secondary N) is 1.